The number of benzene rings is 2. The molecule has 2 rings (SSSR count). The number of methoxy groups -OCH3 is 1. The van der Waals surface area contributed by atoms with Crippen molar-refractivity contribution in [3.8, 4) is 0 Å². The monoisotopic (exact) mass is 440 g/mol. The maximum absolute atomic E-state index is 12.7. The molecular weight excluding hydrogens is 412 g/mol. The van der Waals surface area contributed by atoms with Crippen molar-refractivity contribution in [1.29, 1.82) is 0 Å². The Balaban J connectivity index is 1.96. The third kappa shape index (κ3) is 8.23. The molecule has 170 valence electrons. The van der Waals surface area contributed by atoms with E-state index in [1.54, 1.807) is 18.2 Å². The number of hydrogen-bond acceptors (Lipinski definition) is 6. The SMILES string of the molecule is COC(=O)[C@H](C/C=C/c1ccccc1)NC(=O)[C@@H](NC(=O)OCc1ccccc1)[C@@H](C)O. The van der Waals surface area contributed by atoms with Crippen LogP contribution in [0.3, 0.4) is 0 Å². The summed E-state index contributed by atoms with van der Waals surface area (Å²) in [6.45, 7) is 1.36. The maximum atomic E-state index is 12.7. The van der Waals surface area contributed by atoms with Gasteiger partial charge in [-0.05, 0) is 24.5 Å². The Kier molecular flexibility index (Phi) is 9.93. The van der Waals surface area contributed by atoms with Gasteiger partial charge in [-0.3, -0.25) is 4.79 Å². The minimum atomic E-state index is -1.32. The standard InChI is InChI=1S/C24H28N2O6/c1-17(27)21(26-24(30)32-16-19-12-7-4-8-13-19)22(28)25-20(23(29)31-2)15-9-14-18-10-5-3-6-11-18/h3-14,17,20-21,27H,15-16H2,1-2H3,(H,25,28)(H,26,30)/b14-9+/t17-,20+,21+/m1/s1. The van der Waals surface area contributed by atoms with E-state index in [2.05, 4.69) is 10.6 Å². The molecule has 0 radical (unpaired) electrons. The van der Waals surface area contributed by atoms with Crippen LogP contribution < -0.4 is 10.6 Å². The van der Waals surface area contributed by atoms with E-state index < -0.39 is 36.2 Å². The van der Waals surface area contributed by atoms with Crippen molar-refractivity contribution in [2.45, 2.75) is 38.1 Å². The summed E-state index contributed by atoms with van der Waals surface area (Å²) in [5.74, 6) is -1.38. The van der Waals surface area contributed by atoms with Gasteiger partial charge in [0.15, 0.2) is 0 Å². The van der Waals surface area contributed by atoms with Crippen molar-refractivity contribution in [2.24, 2.45) is 0 Å². The summed E-state index contributed by atoms with van der Waals surface area (Å²) in [6.07, 6.45) is 1.62. The van der Waals surface area contributed by atoms with Gasteiger partial charge in [0.1, 0.15) is 18.7 Å². The molecule has 0 spiro atoms. The average Bonchev–Trinajstić information content (AvgIpc) is 2.81. The van der Waals surface area contributed by atoms with Crippen molar-refractivity contribution in [1.82, 2.24) is 10.6 Å². The van der Waals surface area contributed by atoms with Crippen LogP contribution in [0, 0.1) is 0 Å². The van der Waals surface area contributed by atoms with Crippen molar-refractivity contribution >= 4 is 24.0 Å². The first-order valence-corrected chi connectivity index (χ1v) is 10.2. The molecule has 8 nitrogen and oxygen atoms in total. The number of carbonyl (C=O) groups is 3. The van der Waals surface area contributed by atoms with Crippen molar-refractivity contribution in [3.05, 3.63) is 77.9 Å². The number of aliphatic hydroxyl groups is 1. The highest BCUT2D eigenvalue weighted by Crippen LogP contribution is 2.06. The zero-order valence-electron chi connectivity index (χ0n) is 18.1. The van der Waals surface area contributed by atoms with Gasteiger partial charge < -0.3 is 25.2 Å². The molecule has 0 heterocycles. The topological polar surface area (TPSA) is 114 Å². The van der Waals surface area contributed by atoms with Gasteiger partial charge in [-0.15, -0.1) is 0 Å². The predicted octanol–water partition coefficient (Wildman–Crippen LogP) is 2.42. The molecule has 0 saturated carbocycles. The molecular formula is C24H28N2O6. The Morgan fingerprint density at radius 2 is 1.62 bits per heavy atom. The Morgan fingerprint density at radius 1 is 1.00 bits per heavy atom. The molecule has 0 saturated heterocycles. The zero-order chi connectivity index (χ0) is 23.3. The lowest BCUT2D eigenvalue weighted by atomic mass is 10.1. The van der Waals surface area contributed by atoms with Crippen LogP contribution in [-0.4, -0.2) is 48.4 Å². The molecule has 2 aromatic rings. The van der Waals surface area contributed by atoms with Gasteiger partial charge in [0.2, 0.25) is 5.91 Å². The van der Waals surface area contributed by atoms with Crippen LogP contribution in [0.1, 0.15) is 24.5 Å². The van der Waals surface area contributed by atoms with E-state index >= 15 is 0 Å². The second-order valence-electron chi connectivity index (χ2n) is 7.06. The summed E-state index contributed by atoms with van der Waals surface area (Å²) >= 11 is 0. The van der Waals surface area contributed by atoms with E-state index in [-0.39, 0.29) is 13.0 Å². The first kappa shape index (κ1) is 24.6. The van der Waals surface area contributed by atoms with Crippen LogP contribution in [0.2, 0.25) is 0 Å². The molecule has 32 heavy (non-hydrogen) atoms. The molecule has 0 unspecified atom stereocenters. The summed E-state index contributed by atoms with van der Waals surface area (Å²) in [7, 11) is 1.22. The average molecular weight is 440 g/mol. The fraction of sp³-hybridized carbons (Fsp3) is 0.292. The van der Waals surface area contributed by atoms with Crippen LogP contribution >= 0.6 is 0 Å². The van der Waals surface area contributed by atoms with Crippen LogP contribution in [0.5, 0.6) is 0 Å². The molecule has 2 amide bonds. The summed E-state index contributed by atoms with van der Waals surface area (Å²) in [5.41, 5.74) is 1.71. The second kappa shape index (κ2) is 12.9. The summed E-state index contributed by atoms with van der Waals surface area (Å²) in [6, 6.07) is 16.2. The van der Waals surface area contributed by atoms with Gasteiger partial charge in [0.05, 0.1) is 13.2 Å². The molecule has 2 aromatic carbocycles. The molecule has 0 aliphatic rings. The lowest BCUT2D eigenvalue weighted by molar-refractivity contribution is -0.145. The fourth-order valence-corrected chi connectivity index (χ4v) is 2.82. The Bertz CT molecular complexity index is 899. The highest BCUT2D eigenvalue weighted by atomic mass is 16.5. The number of esters is 1. The quantitative estimate of drug-likeness (QED) is 0.489. The fourth-order valence-electron chi connectivity index (χ4n) is 2.82. The van der Waals surface area contributed by atoms with Gasteiger partial charge in [0, 0.05) is 0 Å². The maximum Gasteiger partial charge on any atom is 0.408 e. The number of rotatable bonds is 10. The highest BCUT2D eigenvalue weighted by Gasteiger charge is 2.30. The van der Waals surface area contributed by atoms with E-state index in [1.165, 1.54) is 14.0 Å². The Morgan fingerprint density at radius 3 is 2.22 bits per heavy atom. The van der Waals surface area contributed by atoms with Crippen LogP contribution in [-0.2, 0) is 25.7 Å². The van der Waals surface area contributed by atoms with E-state index in [0.29, 0.717) is 0 Å². The summed E-state index contributed by atoms with van der Waals surface area (Å²) in [5, 5.41) is 14.8. The minimum absolute atomic E-state index is 0.00981. The van der Waals surface area contributed by atoms with E-state index in [0.717, 1.165) is 11.1 Å². The molecule has 8 heteroatoms. The normalized spacial score (nSPS) is 13.6. The Labute approximate surface area is 187 Å². The zero-order valence-corrected chi connectivity index (χ0v) is 18.1. The van der Waals surface area contributed by atoms with Crippen LogP contribution in [0.15, 0.2) is 66.7 Å². The number of amides is 2. The molecule has 0 aliphatic heterocycles. The first-order valence-electron chi connectivity index (χ1n) is 10.2. The van der Waals surface area contributed by atoms with Gasteiger partial charge in [-0.25, -0.2) is 9.59 Å². The summed E-state index contributed by atoms with van der Waals surface area (Å²) < 4.78 is 9.87. The number of ether oxygens (including phenoxy) is 2. The molecule has 0 bridgehead atoms. The molecule has 0 fully saturated rings. The van der Waals surface area contributed by atoms with E-state index in [1.807, 2.05) is 54.6 Å². The van der Waals surface area contributed by atoms with Crippen LogP contribution in [0.25, 0.3) is 6.08 Å². The number of aliphatic hydroxyl groups excluding tert-OH is 1. The minimum Gasteiger partial charge on any atom is -0.467 e. The molecule has 3 N–H and O–H groups in total. The third-order valence-electron chi connectivity index (χ3n) is 4.53. The van der Waals surface area contributed by atoms with E-state index in [4.69, 9.17) is 9.47 Å². The third-order valence-corrected chi connectivity index (χ3v) is 4.53. The number of carbonyl (C=O) groups excluding carboxylic acids is 3. The van der Waals surface area contributed by atoms with Crippen LogP contribution in [0.4, 0.5) is 4.79 Å². The van der Waals surface area contributed by atoms with Gasteiger partial charge in [-0.2, -0.15) is 0 Å². The van der Waals surface area contributed by atoms with Gasteiger partial charge in [-0.1, -0.05) is 72.8 Å². The molecule has 0 aliphatic carbocycles. The van der Waals surface area contributed by atoms with Crippen molar-refractivity contribution < 1.29 is 29.0 Å². The second-order valence-corrected chi connectivity index (χ2v) is 7.06. The smallest absolute Gasteiger partial charge is 0.408 e. The summed E-state index contributed by atoms with van der Waals surface area (Å²) in [4.78, 5) is 36.9. The lowest BCUT2D eigenvalue weighted by Gasteiger charge is -2.23. The van der Waals surface area contributed by atoms with Gasteiger partial charge >= 0.3 is 12.1 Å². The number of nitrogens with one attached hydrogen (secondary N) is 2. The Hall–Kier alpha value is -3.65. The first-order chi connectivity index (χ1) is 15.4. The number of hydrogen-bond donors (Lipinski definition) is 3. The molecule has 3 atom stereocenters. The van der Waals surface area contributed by atoms with Gasteiger partial charge in [0.25, 0.3) is 0 Å². The highest BCUT2D eigenvalue weighted by molar-refractivity contribution is 5.90. The molecule has 0 aromatic heterocycles. The van der Waals surface area contributed by atoms with E-state index in [9.17, 15) is 19.5 Å². The predicted molar refractivity (Wildman–Crippen MR) is 119 cm³/mol. The number of alkyl carbamates (subject to hydrolysis) is 1. The largest absolute Gasteiger partial charge is 0.467 e. The van der Waals surface area contributed by atoms with Crippen molar-refractivity contribution in [3.63, 3.8) is 0 Å². The lowest BCUT2D eigenvalue weighted by Crippen LogP contribution is -2.55. The van der Waals surface area contributed by atoms with Crippen molar-refractivity contribution in [2.75, 3.05) is 7.11 Å².